The minimum Gasteiger partial charge on any atom is -0.343 e. The van der Waals surface area contributed by atoms with Crippen molar-refractivity contribution in [2.45, 2.75) is 26.8 Å². The molecule has 2 heterocycles. The van der Waals surface area contributed by atoms with Crippen molar-refractivity contribution in [3.8, 4) is 0 Å². The molecule has 1 aliphatic heterocycles. The number of fused-ring (bicyclic) bond motifs is 3. The third kappa shape index (κ3) is 3.00. The summed E-state index contributed by atoms with van der Waals surface area (Å²) in [5, 5.41) is 0.673. The smallest absolute Gasteiger partial charge is 0.233 e. The highest BCUT2D eigenvalue weighted by Gasteiger charge is 2.40. The maximum atomic E-state index is 13.5. The number of aliphatic imine (C=N–C) groups is 1. The van der Waals surface area contributed by atoms with Gasteiger partial charge in [0.2, 0.25) is 11.9 Å². The van der Waals surface area contributed by atoms with E-state index in [9.17, 15) is 4.79 Å². The van der Waals surface area contributed by atoms with Crippen LogP contribution in [0.2, 0.25) is 5.02 Å². The van der Waals surface area contributed by atoms with Crippen molar-refractivity contribution >= 4 is 40.2 Å². The van der Waals surface area contributed by atoms with E-state index in [0.29, 0.717) is 24.1 Å². The first-order chi connectivity index (χ1) is 13.5. The van der Waals surface area contributed by atoms with Gasteiger partial charge in [-0.2, -0.15) is 0 Å². The molecule has 2 unspecified atom stereocenters. The van der Waals surface area contributed by atoms with Gasteiger partial charge in [0.1, 0.15) is 5.92 Å². The largest absolute Gasteiger partial charge is 0.343 e. The Hall–Kier alpha value is -2.66. The Morgan fingerprint density at radius 2 is 1.79 bits per heavy atom. The summed E-state index contributed by atoms with van der Waals surface area (Å²) in [7, 11) is 0. The van der Waals surface area contributed by atoms with E-state index in [0.717, 1.165) is 22.3 Å². The van der Waals surface area contributed by atoms with Crippen molar-refractivity contribution in [2.75, 3.05) is 13.1 Å². The summed E-state index contributed by atoms with van der Waals surface area (Å²) in [5.74, 6) is 0.350. The zero-order valence-electron chi connectivity index (χ0n) is 16.3. The maximum absolute atomic E-state index is 13.5. The number of nitrogens with zero attached hydrogens (tertiary/aromatic N) is 4. The Bertz CT molecular complexity index is 1050. The number of carbonyl (C=O) groups excluding carboxylic acids is 1. The van der Waals surface area contributed by atoms with E-state index in [1.54, 1.807) is 0 Å². The van der Waals surface area contributed by atoms with Crippen LogP contribution >= 0.6 is 11.6 Å². The summed E-state index contributed by atoms with van der Waals surface area (Å²) < 4.78 is 2.09. The fourth-order valence-electron chi connectivity index (χ4n) is 4.04. The highest BCUT2D eigenvalue weighted by molar-refractivity contribution is 6.30. The average molecular weight is 395 g/mol. The monoisotopic (exact) mass is 394 g/mol. The van der Waals surface area contributed by atoms with Crippen LogP contribution in [0.15, 0.2) is 53.5 Å². The summed E-state index contributed by atoms with van der Waals surface area (Å²) in [6, 6.07) is 15.5. The molecule has 1 aliphatic rings. The van der Waals surface area contributed by atoms with Crippen LogP contribution in [0.3, 0.4) is 0 Å². The molecule has 0 N–H and O–H groups in total. The number of imidazole rings is 1. The third-order valence-corrected chi connectivity index (χ3v) is 5.70. The lowest BCUT2D eigenvalue weighted by Gasteiger charge is -2.35. The summed E-state index contributed by atoms with van der Waals surface area (Å²) >= 11 is 6.13. The highest BCUT2D eigenvalue weighted by Crippen LogP contribution is 2.40. The number of aromatic nitrogens is 2. The van der Waals surface area contributed by atoms with Gasteiger partial charge in [-0.1, -0.05) is 35.9 Å². The van der Waals surface area contributed by atoms with Crippen molar-refractivity contribution < 1.29 is 4.79 Å². The molecule has 0 aliphatic carbocycles. The molecular formula is C22H23ClN4O. The number of hydrogen-bond acceptors (Lipinski definition) is 3. The Balaban J connectivity index is 1.95. The van der Waals surface area contributed by atoms with Gasteiger partial charge in [-0.25, -0.2) is 9.98 Å². The number of carbonyl (C=O) groups is 1. The van der Waals surface area contributed by atoms with Gasteiger partial charge >= 0.3 is 0 Å². The molecule has 1 aromatic heterocycles. The van der Waals surface area contributed by atoms with Crippen molar-refractivity contribution in [2.24, 2.45) is 10.9 Å². The first-order valence-corrected chi connectivity index (χ1v) is 9.99. The second kappa shape index (κ2) is 7.40. The van der Waals surface area contributed by atoms with Crippen LogP contribution in [0.1, 0.15) is 32.4 Å². The maximum Gasteiger partial charge on any atom is 0.233 e. The lowest BCUT2D eigenvalue weighted by Crippen LogP contribution is -2.44. The SMILES string of the molecule is CCN(CC)C(=O)C1C(C)=Nc2nc3ccccc3n2C1c1ccc(Cl)cc1. The summed E-state index contributed by atoms with van der Waals surface area (Å²) in [5.41, 5.74) is 3.67. The molecule has 6 heteroatoms. The first kappa shape index (κ1) is 18.7. The van der Waals surface area contributed by atoms with Crippen LogP contribution < -0.4 is 0 Å². The van der Waals surface area contributed by atoms with Crippen molar-refractivity contribution in [1.29, 1.82) is 0 Å². The van der Waals surface area contributed by atoms with Gasteiger partial charge in [0, 0.05) is 23.8 Å². The predicted octanol–water partition coefficient (Wildman–Crippen LogP) is 4.87. The van der Waals surface area contributed by atoms with Crippen molar-refractivity contribution in [3.63, 3.8) is 0 Å². The minimum absolute atomic E-state index is 0.0923. The van der Waals surface area contributed by atoms with E-state index in [2.05, 4.69) is 4.57 Å². The number of benzene rings is 2. The predicted molar refractivity (Wildman–Crippen MR) is 114 cm³/mol. The normalized spacial score (nSPS) is 18.6. The number of hydrogen-bond donors (Lipinski definition) is 0. The molecule has 0 spiro atoms. The summed E-state index contributed by atoms with van der Waals surface area (Å²) in [6.45, 7) is 7.28. The van der Waals surface area contributed by atoms with E-state index in [1.165, 1.54) is 0 Å². The van der Waals surface area contributed by atoms with Crippen LogP contribution in [-0.2, 0) is 4.79 Å². The second-order valence-electron chi connectivity index (χ2n) is 7.01. The van der Waals surface area contributed by atoms with Gasteiger partial charge in [-0.15, -0.1) is 0 Å². The highest BCUT2D eigenvalue weighted by atomic mass is 35.5. The van der Waals surface area contributed by atoms with Crippen molar-refractivity contribution in [1.82, 2.24) is 14.5 Å². The topological polar surface area (TPSA) is 50.5 Å². The van der Waals surface area contributed by atoms with Gasteiger partial charge in [-0.05, 0) is 50.6 Å². The third-order valence-electron chi connectivity index (χ3n) is 5.45. The molecule has 5 nitrogen and oxygen atoms in total. The molecule has 2 aromatic carbocycles. The molecule has 0 bridgehead atoms. The number of amides is 1. The Morgan fingerprint density at radius 1 is 1.11 bits per heavy atom. The van der Waals surface area contributed by atoms with Crippen LogP contribution in [0.25, 0.3) is 11.0 Å². The van der Waals surface area contributed by atoms with Crippen LogP contribution in [0, 0.1) is 5.92 Å². The minimum atomic E-state index is -0.383. The van der Waals surface area contributed by atoms with Crippen LogP contribution in [0.5, 0.6) is 0 Å². The molecular weight excluding hydrogens is 372 g/mol. The first-order valence-electron chi connectivity index (χ1n) is 9.61. The lowest BCUT2D eigenvalue weighted by molar-refractivity contribution is -0.133. The summed E-state index contributed by atoms with van der Waals surface area (Å²) in [6.07, 6.45) is 0. The van der Waals surface area contributed by atoms with E-state index < -0.39 is 0 Å². The molecule has 0 saturated heterocycles. The van der Waals surface area contributed by atoms with Crippen LogP contribution in [-0.4, -0.2) is 39.2 Å². The Morgan fingerprint density at radius 3 is 2.46 bits per heavy atom. The quantitative estimate of drug-likeness (QED) is 0.633. The van der Waals surface area contributed by atoms with E-state index in [1.807, 2.05) is 74.2 Å². The van der Waals surface area contributed by atoms with E-state index >= 15 is 0 Å². The molecule has 1 amide bonds. The van der Waals surface area contributed by atoms with Gasteiger partial charge < -0.3 is 4.90 Å². The Kier molecular flexibility index (Phi) is 4.94. The fourth-order valence-corrected chi connectivity index (χ4v) is 4.16. The second-order valence-corrected chi connectivity index (χ2v) is 7.44. The number of rotatable bonds is 4. The van der Waals surface area contributed by atoms with Gasteiger partial charge in [-0.3, -0.25) is 9.36 Å². The van der Waals surface area contributed by atoms with Crippen LogP contribution in [0.4, 0.5) is 5.95 Å². The standard InChI is InChI=1S/C22H23ClN4O/c1-4-26(5-2)21(28)19-14(3)24-22-25-17-8-6-7-9-18(17)27(22)20(19)15-10-12-16(23)13-11-15/h6-13,19-20H,4-5H2,1-3H3. The van der Waals surface area contributed by atoms with Gasteiger partial charge in [0.05, 0.1) is 17.1 Å². The van der Waals surface area contributed by atoms with E-state index in [-0.39, 0.29) is 17.9 Å². The number of para-hydroxylation sites is 2. The van der Waals surface area contributed by atoms with E-state index in [4.69, 9.17) is 21.6 Å². The molecule has 28 heavy (non-hydrogen) atoms. The molecule has 3 aromatic rings. The lowest BCUT2D eigenvalue weighted by atomic mass is 9.86. The molecule has 2 atom stereocenters. The van der Waals surface area contributed by atoms with Gasteiger partial charge in [0.25, 0.3) is 0 Å². The zero-order chi connectivity index (χ0) is 19.8. The molecule has 0 saturated carbocycles. The van der Waals surface area contributed by atoms with Crippen molar-refractivity contribution in [3.05, 3.63) is 59.1 Å². The fraction of sp³-hybridized carbons (Fsp3) is 0.318. The molecule has 0 radical (unpaired) electrons. The van der Waals surface area contributed by atoms with Gasteiger partial charge in [0.15, 0.2) is 0 Å². The number of halogens is 1. The average Bonchev–Trinajstić information content (AvgIpc) is 3.06. The molecule has 0 fully saturated rings. The zero-order valence-corrected chi connectivity index (χ0v) is 17.0. The summed E-state index contributed by atoms with van der Waals surface area (Å²) in [4.78, 5) is 24.8. The molecule has 4 rings (SSSR count). The Labute approximate surface area is 169 Å². The molecule has 144 valence electrons.